The molecule has 2 aromatic carbocycles. The number of rotatable bonds is 3. The van der Waals surface area contributed by atoms with E-state index in [1.807, 2.05) is 42.5 Å². The van der Waals surface area contributed by atoms with Crippen molar-refractivity contribution in [2.75, 3.05) is 5.32 Å². The second-order valence-corrected chi connectivity index (χ2v) is 5.30. The van der Waals surface area contributed by atoms with Crippen molar-refractivity contribution < 1.29 is 0 Å². The summed E-state index contributed by atoms with van der Waals surface area (Å²) < 4.78 is 0. The third-order valence-corrected chi connectivity index (χ3v) is 3.72. The second kappa shape index (κ2) is 5.66. The Bertz CT molecular complexity index is 981. The van der Waals surface area contributed by atoms with Gasteiger partial charge in [0.1, 0.15) is 0 Å². The third kappa shape index (κ3) is 2.60. The van der Waals surface area contributed by atoms with Crippen LogP contribution in [0.25, 0.3) is 22.3 Å². The van der Waals surface area contributed by atoms with Crippen molar-refractivity contribution in [2.45, 2.75) is 0 Å². The van der Waals surface area contributed by atoms with E-state index in [0.29, 0.717) is 22.5 Å². The number of H-pyrrole nitrogens is 1. The fraction of sp³-hybridized carbons (Fsp3) is 0. The van der Waals surface area contributed by atoms with Crippen molar-refractivity contribution in [1.29, 1.82) is 0 Å². The standard InChI is InChI=1S/C16H11ClN6/c17-12-7-3-1-5-10(12)15-19-14(9-18-22-15)20-16-11-6-2-4-8-13(11)21-23-16/h1-9H,(H2,19,20,21,22,23). The Hall–Kier alpha value is -2.99. The Balaban J connectivity index is 1.71. The first-order chi connectivity index (χ1) is 11.3. The van der Waals surface area contributed by atoms with Crippen molar-refractivity contribution >= 4 is 34.1 Å². The maximum atomic E-state index is 6.19. The molecule has 0 unspecified atom stereocenters. The van der Waals surface area contributed by atoms with Crippen LogP contribution in [0.3, 0.4) is 0 Å². The zero-order chi connectivity index (χ0) is 15.6. The van der Waals surface area contributed by atoms with Gasteiger partial charge < -0.3 is 5.32 Å². The highest BCUT2D eigenvalue weighted by molar-refractivity contribution is 6.33. The molecule has 0 amide bonds. The van der Waals surface area contributed by atoms with E-state index in [-0.39, 0.29) is 0 Å². The fourth-order valence-electron chi connectivity index (χ4n) is 2.30. The molecule has 4 rings (SSSR count). The SMILES string of the molecule is Clc1ccccc1-c1nncc(Nc2n[nH]c3ccccc23)n1. The molecule has 2 aromatic heterocycles. The number of anilines is 2. The molecule has 112 valence electrons. The van der Waals surface area contributed by atoms with Gasteiger partial charge in [-0.05, 0) is 24.3 Å². The Labute approximate surface area is 136 Å². The Kier molecular flexibility index (Phi) is 3.36. The summed E-state index contributed by atoms with van der Waals surface area (Å²) in [5, 5.41) is 20.0. The lowest BCUT2D eigenvalue weighted by Gasteiger charge is -2.05. The first-order valence-corrected chi connectivity index (χ1v) is 7.34. The number of aromatic amines is 1. The number of hydrogen-bond acceptors (Lipinski definition) is 5. The maximum absolute atomic E-state index is 6.19. The predicted octanol–water partition coefficient (Wildman–Crippen LogP) is 3.81. The van der Waals surface area contributed by atoms with E-state index >= 15 is 0 Å². The summed E-state index contributed by atoms with van der Waals surface area (Å²) in [5.74, 6) is 1.69. The van der Waals surface area contributed by atoms with E-state index < -0.39 is 0 Å². The van der Waals surface area contributed by atoms with Crippen molar-refractivity contribution in [3.63, 3.8) is 0 Å². The van der Waals surface area contributed by atoms with E-state index in [1.165, 1.54) is 0 Å². The molecule has 0 radical (unpaired) electrons. The van der Waals surface area contributed by atoms with Gasteiger partial charge in [0.2, 0.25) is 0 Å². The van der Waals surface area contributed by atoms with Crippen molar-refractivity contribution in [1.82, 2.24) is 25.4 Å². The minimum absolute atomic E-state index is 0.459. The lowest BCUT2D eigenvalue weighted by Crippen LogP contribution is -1.99. The summed E-state index contributed by atoms with van der Waals surface area (Å²) in [6.45, 7) is 0. The lowest BCUT2D eigenvalue weighted by atomic mass is 10.2. The average molecular weight is 323 g/mol. The van der Waals surface area contributed by atoms with Crippen molar-refractivity contribution in [3.05, 3.63) is 59.8 Å². The number of nitrogens with zero attached hydrogens (tertiary/aromatic N) is 4. The summed E-state index contributed by atoms with van der Waals surface area (Å²) in [6, 6.07) is 15.2. The first-order valence-electron chi connectivity index (χ1n) is 6.96. The van der Waals surface area contributed by atoms with Gasteiger partial charge in [0, 0.05) is 10.9 Å². The molecule has 7 heteroatoms. The normalized spacial score (nSPS) is 10.8. The minimum atomic E-state index is 0.459. The molecule has 0 spiro atoms. The molecule has 0 atom stereocenters. The van der Waals surface area contributed by atoms with Crippen LogP contribution in [0.1, 0.15) is 0 Å². The molecule has 0 aliphatic carbocycles. The van der Waals surface area contributed by atoms with Crippen LogP contribution in [0.15, 0.2) is 54.7 Å². The van der Waals surface area contributed by atoms with Gasteiger partial charge in [-0.25, -0.2) is 4.98 Å². The molecule has 0 saturated heterocycles. The Morgan fingerprint density at radius 1 is 1.00 bits per heavy atom. The Morgan fingerprint density at radius 2 is 1.83 bits per heavy atom. The maximum Gasteiger partial charge on any atom is 0.185 e. The van der Waals surface area contributed by atoms with Gasteiger partial charge in [-0.15, -0.1) is 5.10 Å². The van der Waals surface area contributed by atoms with Gasteiger partial charge >= 0.3 is 0 Å². The van der Waals surface area contributed by atoms with Gasteiger partial charge in [-0.1, -0.05) is 35.9 Å². The average Bonchev–Trinajstić information content (AvgIpc) is 2.99. The van der Waals surface area contributed by atoms with E-state index in [2.05, 4.69) is 30.7 Å². The number of nitrogens with one attached hydrogen (secondary N) is 2. The molecule has 2 heterocycles. The van der Waals surface area contributed by atoms with Gasteiger partial charge in [0.25, 0.3) is 0 Å². The smallest absolute Gasteiger partial charge is 0.185 e. The van der Waals surface area contributed by atoms with Crippen molar-refractivity contribution in [3.8, 4) is 11.4 Å². The minimum Gasteiger partial charge on any atom is -0.322 e. The molecule has 0 saturated carbocycles. The van der Waals surface area contributed by atoms with E-state index in [9.17, 15) is 0 Å². The van der Waals surface area contributed by atoms with E-state index in [0.717, 1.165) is 16.5 Å². The Morgan fingerprint density at radius 3 is 2.74 bits per heavy atom. The predicted molar refractivity (Wildman–Crippen MR) is 89.6 cm³/mol. The summed E-state index contributed by atoms with van der Waals surface area (Å²) in [4.78, 5) is 4.46. The monoisotopic (exact) mass is 322 g/mol. The molecular weight excluding hydrogens is 312 g/mol. The highest BCUT2D eigenvalue weighted by Gasteiger charge is 2.10. The summed E-state index contributed by atoms with van der Waals surface area (Å²) in [5.41, 5.74) is 1.68. The number of hydrogen-bond donors (Lipinski definition) is 2. The molecule has 4 aromatic rings. The summed E-state index contributed by atoms with van der Waals surface area (Å²) >= 11 is 6.19. The highest BCUT2D eigenvalue weighted by Crippen LogP contribution is 2.26. The molecule has 0 bridgehead atoms. The quantitative estimate of drug-likeness (QED) is 0.599. The van der Waals surface area contributed by atoms with Crippen LogP contribution in [0.5, 0.6) is 0 Å². The van der Waals surface area contributed by atoms with Gasteiger partial charge in [0.05, 0.1) is 16.7 Å². The third-order valence-electron chi connectivity index (χ3n) is 3.39. The molecule has 0 aliphatic rings. The summed E-state index contributed by atoms with van der Waals surface area (Å²) in [7, 11) is 0. The topological polar surface area (TPSA) is 79.4 Å². The van der Waals surface area contributed by atoms with E-state index in [4.69, 9.17) is 11.6 Å². The zero-order valence-corrected chi connectivity index (χ0v) is 12.6. The lowest BCUT2D eigenvalue weighted by molar-refractivity contribution is 0.981. The number of benzene rings is 2. The van der Waals surface area contributed by atoms with Gasteiger partial charge in [-0.2, -0.15) is 10.2 Å². The van der Waals surface area contributed by atoms with Crippen LogP contribution < -0.4 is 5.32 Å². The molecule has 0 aliphatic heterocycles. The molecular formula is C16H11ClN6. The van der Waals surface area contributed by atoms with E-state index in [1.54, 1.807) is 12.3 Å². The molecule has 0 fully saturated rings. The van der Waals surface area contributed by atoms with Crippen molar-refractivity contribution in [2.24, 2.45) is 0 Å². The highest BCUT2D eigenvalue weighted by atomic mass is 35.5. The zero-order valence-electron chi connectivity index (χ0n) is 11.9. The second-order valence-electron chi connectivity index (χ2n) is 4.89. The molecule has 2 N–H and O–H groups in total. The number of para-hydroxylation sites is 1. The summed E-state index contributed by atoms with van der Waals surface area (Å²) in [6.07, 6.45) is 1.55. The van der Waals surface area contributed by atoms with Crippen LogP contribution >= 0.6 is 11.6 Å². The van der Waals surface area contributed by atoms with Crippen LogP contribution in [0.2, 0.25) is 5.02 Å². The number of halogens is 1. The molecule has 23 heavy (non-hydrogen) atoms. The van der Waals surface area contributed by atoms with Crippen LogP contribution in [-0.4, -0.2) is 25.4 Å². The van der Waals surface area contributed by atoms with Gasteiger partial charge in [0.15, 0.2) is 17.5 Å². The number of fused-ring (bicyclic) bond motifs is 1. The first kappa shape index (κ1) is 13.7. The molecule has 6 nitrogen and oxygen atoms in total. The fourth-order valence-corrected chi connectivity index (χ4v) is 2.52. The largest absolute Gasteiger partial charge is 0.322 e. The van der Waals surface area contributed by atoms with Crippen LogP contribution in [0, 0.1) is 0 Å². The van der Waals surface area contributed by atoms with Gasteiger partial charge in [-0.3, -0.25) is 5.10 Å². The van der Waals surface area contributed by atoms with Crippen LogP contribution in [0.4, 0.5) is 11.6 Å². The van der Waals surface area contributed by atoms with Crippen LogP contribution in [-0.2, 0) is 0 Å². The number of aromatic nitrogens is 5.